The van der Waals surface area contributed by atoms with Gasteiger partial charge in [-0.2, -0.15) is 5.26 Å². The first-order valence-corrected chi connectivity index (χ1v) is 9.05. The summed E-state index contributed by atoms with van der Waals surface area (Å²) in [5.41, 5.74) is 1.89. The van der Waals surface area contributed by atoms with Crippen molar-refractivity contribution in [2.45, 2.75) is 42.2 Å². The molecule has 1 saturated carbocycles. The van der Waals surface area contributed by atoms with Crippen LogP contribution >= 0.6 is 11.8 Å². The molecule has 3 heteroatoms. The van der Waals surface area contributed by atoms with Crippen LogP contribution in [0.2, 0.25) is 0 Å². The molecule has 1 fully saturated rings. The fourth-order valence-electron chi connectivity index (χ4n) is 3.63. The zero-order chi connectivity index (χ0) is 15.8. The average molecular weight is 319 g/mol. The molecule has 0 aromatic heterocycles. The van der Waals surface area contributed by atoms with Crippen LogP contribution in [-0.2, 0) is 0 Å². The van der Waals surface area contributed by atoms with Gasteiger partial charge in [0.15, 0.2) is 0 Å². The molecule has 0 radical (unpaired) electrons. The van der Waals surface area contributed by atoms with Crippen LogP contribution in [0.15, 0.2) is 40.8 Å². The first-order chi connectivity index (χ1) is 11.3. The van der Waals surface area contributed by atoms with Gasteiger partial charge in [0, 0.05) is 21.1 Å². The number of Topliss-reactive ketones (excluding diaryl/α,β-unsaturated/α-hetero) is 1. The van der Waals surface area contributed by atoms with Gasteiger partial charge in [-0.3, -0.25) is 4.79 Å². The molecular weight excluding hydrogens is 302 g/mol. The van der Waals surface area contributed by atoms with E-state index in [4.69, 9.17) is 0 Å². The molecule has 0 atom stereocenters. The number of carbonyl (C=O) groups excluding carboxylic acids is 1. The maximum Gasteiger partial charge on any atom is 0.204 e. The summed E-state index contributed by atoms with van der Waals surface area (Å²) in [7, 11) is 0. The van der Waals surface area contributed by atoms with Gasteiger partial charge in [0.25, 0.3) is 0 Å². The highest BCUT2D eigenvalue weighted by molar-refractivity contribution is 8.00. The molecule has 0 amide bonds. The van der Waals surface area contributed by atoms with Crippen LogP contribution in [0.25, 0.3) is 16.8 Å². The first-order valence-electron chi connectivity index (χ1n) is 8.17. The van der Waals surface area contributed by atoms with Gasteiger partial charge in [-0.1, -0.05) is 43.5 Å². The van der Waals surface area contributed by atoms with E-state index < -0.39 is 0 Å². The van der Waals surface area contributed by atoms with Gasteiger partial charge in [0.2, 0.25) is 5.78 Å². The standard InChI is InChI=1S/C20H17NOS/c21-12-14-11-13-9-10-18(23-15-5-2-1-3-6-15)16-7-4-8-17(19(13)16)20(14)22/h4,7-11,15H,1-3,5-6H2. The number of hydrogen-bond acceptors (Lipinski definition) is 3. The van der Waals surface area contributed by atoms with Crippen molar-refractivity contribution in [1.29, 1.82) is 5.26 Å². The highest BCUT2D eigenvalue weighted by Gasteiger charge is 2.23. The largest absolute Gasteiger partial charge is 0.288 e. The lowest BCUT2D eigenvalue weighted by Gasteiger charge is -2.23. The Hall–Kier alpha value is -2.05. The van der Waals surface area contributed by atoms with E-state index in [1.165, 1.54) is 37.0 Å². The Morgan fingerprint density at radius 1 is 1.09 bits per heavy atom. The molecule has 2 aliphatic carbocycles. The number of rotatable bonds is 2. The van der Waals surface area contributed by atoms with Crippen molar-refractivity contribution < 1.29 is 4.79 Å². The van der Waals surface area contributed by atoms with Crippen molar-refractivity contribution in [2.75, 3.05) is 0 Å². The molecule has 0 bridgehead atoms. The summed E-state index contributed by atoms with van der Waals surface area (Å²) in [6, 6.07) is 12.1. The zero-order valence-corrected chi connectivity index (χ0v) is 13.7. The Morgan fingerprint density at radius 2 is 1.91 bits per heavy atom. The lowest BCUT2D eigenvalue weighted by atomic mass is 9.88. The lowest BCUT2D eigenvalue weighted by molar-refractivity contribution is 0.104. The number of benzene rings is 2. The number of nitriles is 1. The molecule has 0 unspecified atom stereocenters. The predicted molar refractivity (Wildman–Crippen MR) is 94.6 cm³/mol. The number of thioether (sulfide) groups is 1. The summed E-state index contributed by atoms with van der Waals surface area (Å²) in [6.45, 7) is 0. The topological polar surface area (TPSA) is 40.9 Å². The van der Waals surface area contributed by atoms with Crippen LogP contribution in [0.3, 0.4) is 0 Å². The molecule has 0 saturated heterocycles. The highest BCUT2D eigenvalue weighted by Crippen LogP contribution is 2.40. The summed E-state index contributed by atoms with van der Waals surface area (Å²) in [5.74, 6) is -0.148. The molecular formula is C20H17NOS. The lowest BCUT2D eigenvalue weighted by Crippen LogP contribution is -2.09. The summed E-state index contributed by atoms with van der Waals surface area (Å²) >= 11 is 1.96. The van der Waals surface area contributed by atoms with E-state index in [1.807, 2.05) is 30.0 Å². The molecule has 0 spiro atoms. The minimum absolute atomic E-state index is 0.148. The van der Waals surface area contributed by atoms with Crippen LogP contribution in [0, 0.1) is 11.3 Å². The Bertz CT molecular complexity index is 869. The minimum Gasteiger partial charge on any atom is -0.288 e. The number of nitrogens with zero attached hydrogens (tertiary/aromatic N) is 1. The van der Waals surface area contributed by atoms with Gasteiger partial charge < -0.3 is 0 Å². The summed E-state index contributed by atoms with van der Waals surface area (Å²) in [6.07, 6.45) is 8.30. The van der Waals surface area contributed by atoms with Gasteiger partial charge in [-0.25, -0.2) is 0 Å². The Labute approximate surface area is 140 Å². The Morgan fingerprint density at radius 3 is 2.70 bits per heavy atom. The average Bonchev–Trinajstić information content (AvgIpc) is 2.60. The van der Waals surface area contributed by atoms with Crippen molar-refractivity contribution in [2.24, 2.45) is 0 Å². The third-order valence-electron chi connectivity index (χ3n) is 4.79. The molecule has 0 N–H and O–H groups in total. The van der Waals surface area contributed by atoms with Crippen LogP contribution in [0.4, 0.5) is 0 Å². The van der Waals surface area contributed by atoms with E-state index in [2.05, 4.69) is 18.2 Å². The fourth-order valence-corrected chi connectivity index (χ4v) is 5.00. The summed E-state index contributed by atoms with van der Waals surface area (Å²) in [5, 5.41) is 12.0. The van der Waals surface area contributed by atoms with Crippen LogP contribution in [0.5, 0.6) is 0 Å². The van der Waals surface area contributed by atoms with Crippen molar-refractivity contribution >= 4 is 34.4 Å². The zero-order valence-electron chi connectivity index (χ0n) is 12.8. The SMILES string of the molecule is N#CC1=Cc2ccc(SC3CCCCC3)c3cccc(c23)C1=O. The van der Waals surface area contributed by atoms with Crippen molar-refractivity contribution in [3.8, 4) is 6.07 Å². The molecule has 2 aromatic carbocycles. The summed E-state index contributed by atoms with van der Waals surface area (Å²) < 4.78 is 0. The maximum atomic E-state index is 12.4. The van der Waals surface area contributed by atoms with Crippen molar-refractivity contribution in [3.05, 3.63) is 47.0 Å². The first kappa shape index (κ1) is 14.5. The molecule has 2 nitrogen and oxygen atoms in total. The number of carbonyl (C=O) groups is 1. The van der Waals surface area contributed by atoms with E-state index >= 15 is 0 Å². The number of hydrogen-bond donors (Lipinski definition) is 0. The van der Waals surface area contributed by atoms with E-state index in [0.717, 1.165) is 16.3 Å². The number of ketones is 1. The van der Waals surface area contributed by atoms with Crippen LogP contribution in [-0.4, -0.2) is 11.0 Å². The quantitative estimate of drug-likeness (QED) is 0.747. The number of allylic oxidation sites excluding steroid dienone is 1. The maximum absolute atomic E-state index is 12.4. The van der Waals surface area contributed by atoms with E-state index in [9.17, 15) is 10.1 Å². The molecule has 2 aromatic rings. The predicted octanol–water partition coefficient (Wildman–Crippen LogP) is 5.37. The monoisotopic (exact) mass is 319 g/mol. The molecule has 23 heavy (non-hydrogen) atoms. The molecule has 114 valence electrons. The van der Waals surface area contributed by atoms with Gasteiger partial charge in [0.05, 0.1) is 0 Å². The normalized spacial score (nSPS) is 17.9. The van der Waals surface area contributed by atoms with Crippen LogP contribution < -0.4 is 0 Å². The molecule has 4 rings (SSSR count). The van der Waals surface area contributed by atoms with E-state index in [0.29, 0.717) is 10.8 Å². The van der Waals surface area contributed by atoms with Gasteiger partial charge in [-0.05, 0) is 35.9 Å². The molecule has 0 aliphatic heterocycles. The molecule has 0 heterocycles. The van der Waals surface area contributed by atoms with Crippen molar-refractivity contribution in [3.63, 3.8) is 0 Å². The van der Waals surface area contributed by atoms with Gasteiger partial charge in [-0.15, -0.1) is 11.8 Å². The third-order valence-corrected chi connectivity index (χ3v) is 6.20. The van der Waals surface area contributed by atoms with Crippen molar-refractivity contribution in [1.82, 2.24) is 0 Å². The molecule has 2 aliphatic rings. The van der Waals surface area contributed by atoms with E-state index in [1.54, 1.807) is 6.08 Å². The Kier molecular flexibility index (Phi) is 3.71. The third kappa shape index (κ3) is 2.48. The smallest absolute Gasteiger partial charge is 0.204 e. The van der Waals surface area contributed by atoms with Gasteiger partial charge >= 0.3 is 0 Å². The Balaban J connectivity index is 1.83. The van der Waals surface area contributed by atoms with Gasteiger partial charge in [0.1, 0.15) is 11.6 Å². The van der Waals surface area contributed by atoms with Crippen LogP contribution in [0.1, 0.15) is 48.0 Å². The highest BCUT2D eigenvalue weighted by atomic mass is 32.2. The second kappa shape index (κ2) is 5.86. The second-order valence-electron chi connectivity index (χ2n) is 6.26. The second-order valence-corrected chi connectivity index (χ2v) is 7.60. The minimum atomic E-state index is -0.148. The van der Waals surface area contributed by atoms with E-state index in [-0.39, 0.29) is 11.4 Å². The fraction of sp³-hybridized carbons (Fsp3) is 0.300. The summed E-state index contributed by atoms with van der Waals surface area (Å²) in [4.78, 5) is 13.7.